The highest BCUT2D eigenvalue weighted by molar-refractivity contribution is 9.10. The lowest BCUT2D eigenvalue weighted by atomic mass is 10.1. The quantitative estimate of drug-likeness (QED) is 0.586. The van der Waals surface area contributed by atoms with Crippen molar-refractivity contribution in [3.63, 3.8) is 0 Å². The van der Waals surface area contributed by atoms with Crippen LogP contribution in [0.1, 0.15) is 11.1 Å². The number of esters is 1. The number of hydrogen-bond acceptors (Lipinski definition) is 4. The number of nitrogens with two attached hydrogens (primary N) is 1. The van der Waals surface area contributed by atoms with Gasteiger partial charge in [-0.2, -0.15) is 0 Å². The summed E-state index contributed by atoms with van der Waals surface area (Å²) in [7, 11) is 0. The van der Waals surface area contributed by atoms with E-state index in [1.54, 1.807) is 6.08 Å². The van der Waals surface area contributed by atoms with Gasteiger partial charge in [0.25, 0.3) is 5.91 Å². The number of rotatable bonds is 6. The Morgan fingerprint density at radius 1 is 1.38 bits per heavy atom. The summed E-state index contributed by atoms with van der Waals surface area (Å²) in [5.74, 6) is -1.91. The Labute approximate surface area is 130 Å². The summed E-state index contributed by atoms with van der Waals surface area (Å²) in [5.41, 5.74) is 6.76. The van der Waals surface area contributed by atoms with Crippen molar-refractivity contribution in [2.24, 2.45) is 5.73 Å². The molecule has 0 saturated heterocycles. The summed E-state index contributed by atoms with van der Waals surface area (Å²) in [4.78, 5) is 33.1. The molecule has 112 valence electrons. The molecule has 0 unspecified atom stereocenters. The monoisotopic (exact) mass is 354 g/mol. The van der Waals surface area contributed by atoms with Crippen molar-refractivity contribution in [3.05, 3.63) is 39.9 Å². The first-order chi connectivity index (χ1) is 9.88. The molecule has 0 atom stereocenters. The third-order valence-corrected chi connectivity index (χ3v) is 3.05. The molecular formula is C14H15BrN2O4. The second-order valence-corrected chi connectivity index (χ2v) is 5.06. The Morgan fingerprint density at radius 2 is 2.10 bits per heavy atom. The van der Waals surface area contributed by atoms with Crippen molar-refractivity contribution in [1.29, 1.82) is 0 Å². The normalized spacial score (nSPS) is 10.4. The highest BCUT2D eigenvalue weighted by atomic mass is 79.9. The lowest BCUT2D eigenvalue weighted by Crippen LogP contribution is -2.35. The van der Waals surface area contributed by atoms with Gasteiger partial charge in [0.2, 0.25) is 5.91 Å². The van der Waals surface area contributed by atoms with Crippen LogP contribution in [0.2, 0.25) is 0 Å². The van der Waals surface area contributed by atoms with E-state index in [9.17, 15) is 14.4 Å². The van der Waals surface area contributed by atoms with E-state index < -0.39 is 24.4 Å². The standard InChI is InChI=1S/C14H15BrN2O4/c1-9-2-3-10(11(15)6-9)4-5-14(20)21-8-13(19)17-7-12(16)18/h2-6H,7-8H2,1H3,(H2,16,18)(H,17,19)/b5-4+. The SMILES string of the molecule is Cc1ccc(/C=C/C(=O)OCC(=O)NCC(N)=O)c(Br)c1. The van der Waals surface area contributed by atoms with Gasteiger partial charge in [0, 0.05) is 10.5 Å². The highest BCUT2D eigenvalue weighted by Crippen LogP contribution is 2.19. The summed E-state index contributed by atoms with van der Waals surface area (Å²) in [6.45, 7) is 1.20. The summed E-state index contributed by atoms with van der Waals surface area (Å²) in [6.07, 6.45) is 2.80. The van der Waals surface area contributed by atoms with Gasteiger partial charge >= 0.3 is 5.97 Å². The van der Waals surface area contributed by atoms with E-state index in [1.165, 1.54) is 6.08 Å². The van der Waals surface area contributed by atoms with Crippen LogP contribution in [0.15, 0.2) is 28.7 Å². The number of carbonyl (C=O) groups is 3. The maximum absolute atomic E-state index is 11.4. The van der Waals surface area contributed by atoms with E-state index in [4.69, 9.17) is 10.5 Å². The Morgan fingerprint density at radius 3 is 2.71 bits per heavy atom. The summed E-state index contributed by atoms with van der Waals surface area (Å²) >= 11 is 3.38. The maximum atomic E-state index is 11.4. The number of hydrogen-bond donors (Lipinski definition) is 2. The zero-order chi connectivity index (χ0) is 15.8. The molecular weight excluding hydrogens is 340 g/mol. The van der Waals surface area contributed by atoms with Crippen molar-refractivity contribution in [2.75, 3.05) is 13.2 Å². The molecule has 0 spiro atoms. The molecule has 0 aliphatic carbocycles. The summed E-state index contributed by atoms with van der Waals surface area (Å²) in [6, 6.07) is 5.68. The predicted molar refractivity (Wildman–Crippen MR) is 81.1 cm³/mol. The van der Waals surface area contributed by atoms with Crippen LogP contribution >= 0.6 is 15.9 Å². The molecule has 7 heteroatoms. The first-order valence-corrected chi connectivity index (χ1v) is 6.84. The number of ether oxygens (including phenoxy) is 1. The number of carbonyl (C=O) groups excluding carboxylic acids is 3. The largest absolute Gasteiger partial charge is 0.452 e. The average Bonchev–Trinajstić information content (AvgIpc) is 2.41. The van der Waals surface area contributed by atoms with Gasteiger partial charge in [0.05, 0.1) is 6.54 Å². The number of nitrogens with one attached hydrogen (secondary N) is 1. The van der Waals surface area contributed by atoms with E-state index >= 15 is 0 Å². The van der Waals surface area contributed by atoms with Crippen LogP contribution in [0.5, 0.6) is 0 Å². The minimum Gasteiger partial charge on any atom is -0.452 e. The Balaban J connectivity index is 2.44. The third-order valence-electron chi connectivity index (χ3n) is 2.36. The molecule has 0 aliphatic rings. The van der Waals surface area contributed by atoms with Gasteiger partial charge in [-0.15, -0.1) is 0 Å². The molecule has 1 aromatic carbocycles. The number of aryl methyl sites for hydroxylation is 1. The van der Waals surface area contributed by atoms with Crippen LogP contribution in [-0.4, -0.2) is 30.9 Å². The first kappa shape index (κ1) is 16.9. The van der Waals surface area contributed by atoms with Crippen LogP contribution in [0.4, 0.5) is 0 Å². The predicted octanol–water partition coefficient (Wildman–Crippen LogP) is 0.915. The lowest BCUT2D eigenvalue weighted by molar-refractivity contribution is -0.143. The lowest BCUT2D eigenvalue weighted by Gasteiger charge is -2.03. The van der Waals surface area contributed by atoms with Gasteiger partial charge in [-0.05, 0) is 30.2 Å². The van der Waals surface area contributed by atoms with E-state index in [-0.39, 0.29) is 6.54 Å². The molecule has 1 rings (SSSR count). The van der Waals surface area contributed by atoms with Gasteiger partial charge < -0.3 is 15.8 Å². The van der Waals surface area contributed by atoms with Crippen molar-refractivity contribution in [1.82, 2.24) is 5.32 Å². The Hall–Kier alpha value is -2.15. The van der Waals surface area contributed by atoms with E-state index in [0.29, 0.717) is 0 Å². The summed E-state index contributed by atoms with van der Waals surface area (Å²) < 4.78 is 5.57. The maximum Gasteiger partial charge on any atom is 0.331 e. The molecule has 2 amide bonds. The van der Waals surface area contributed by atoms with Crippen molar-refractivity contribution in [3.8, 4) is 0 Å². The van der Waals surface area contributed by atoms with Crippen LogP contribution in [0, 0.1) is 6.92 Å². The van der Waals surface area contributed by atoms with Gasteiger partial charge in [0.15, 0.2) is 6.61 Å². The van der Waals surface area contributed by atoms with Crippen LogP contribution < -0.4 is 11.1 Å². The fourth-order valence-electron chi connectivity index (χ4n) is 1.35. The molecule has 0 fully saturated rings. The molecule has 21 heavy (non-hydrogen) atoms. The van der Waals surface area contributed by atoms with E-state index in [2.05, 4.69) is 21.2 Å². The molecule has 0 aromatic heterocycles. The van der Waals surface area contributed by atoms with Gasteiger partial charge in [-0.3, -0.25) is 9.59 Å². The van der Waals surface area contributed by atoms with Gasteiger partial charge in [-0.25, -0.2) is 4.79 Å². The molecule has 3 N–H and O–H groups in total. The minimum atomic E-state index is -0.668. The van der Waals surface area contributed by atoms with Gasteiger partial charge in [-0.1, -0.05) is 28.1 Å². The van der Waals surface area contributed by atoms with Crippen LogP contribution in [0.25, 0.3) is 6.08 Å². The van der Waals surface area contributed by atoms with Crippen molar-refractivity contribution >= 4 is 39.8 Å². The fraction of sp³-hybridized carbons (Fsp3) is 0.214. The Bertz CT molecular complexity index is 584. The van der Waals surface area contributed by atoms with Gasteiger partial charge in [0.1, 0.15) is 0 Å². The van der Waals surface area contributed by atoms with Crippen LogP contribution in [-0.2, 0) is 19.1 Å². The molecule has 0 saturated carbocycles. The molecule has 6 nitrogen and oxygen atoms in total. The number of benzene rings is 1. The number of amides is 2. The van der Waals surface area contributed by atoms with Crippen LogP contribution in [0.3, 0.4) is 0 Å². The fourth-order valence-corrected chi connectivity index (χ4v) is 1.97. The van der Waals surface area contributed by atoms with E-state index in [1.807, 2.05) is 25.1 Å². The zero-order valence-electron chi connectivity index (χ0n) is 11.4. The second kappa shape index (κ2) is 8.21. The zero-order valence-corrected chi connectivity index (χ0v) is 13.0. The first-order valence-electron chi connectivity index (χ1n) is 6.04. The second-order valence-electron chi connectivity index (χ2n) is 4.21. The molecule has 0 aliphatic heterocycles. The smallest absolute Gasteiger partial charge is 0.331 e. The molecule has 1 aromatic rings. The number of primary amides is 1. The molecule has 0 bridgehead atoms. The number of halogens is 1. The highest BCUT2D eigenvalue weighted by Gasteiger charge is 2.06. The molecule has 0 heterocycles. The average molecular weight is 355 g/mol. The molecule has 0 radical (unpaired) electrons. The van der Waals surface area contributed by atoms with Crippen molar-refractivity contribution < 1.29 is 19.1 Å². The van der Waals surface area contributed by atoms with E-state index in [0.717, 1.165) is 15.6 Å². The Kier molecular flexibility index (Phi) is 6.61. The van der Waals surface area contributed by atoms with Crippen molar-refractivity contribution in [2.45, 2.75) is 6.92 Å². The third kappa shape index (κ3) is 6.71. The summed E-state index contributed by atoms with van der Waals surface area (Å²) in [5, 5.41) is 2.20. The minimum absolute atomic E-state index is 0.289. The topological polar surface area (TPSA) is 98.5 Å².